The highest BCUT2D eigenvalue weighted by molar-refractivity contribution is 7.89. The van der Waals surface area contributed by atoms with Crippen molar-refractivity contribution in [3.05, 3.63) is 60.2 Å². The van der Waals surface area contributed by atoms with Crippen LogP contribution in [0, 0.1) is 16.7 Å². The van der Waals surface area contributed by atoms with E-state index >= 15 is 0 Å². The third-order valence-electron chi connectivity index (χ3n) is 4.35. The van der Waals surface area contributed by atoms with Gasteiger partial charge in [-0.25, -0.2) is 13.8 Å². The summed E-state index contributed by atoms with van der Waals surface area (Å²) in [6.07, 6.45) is 2.92. The van der Waals surface area contributed by atoms with E-state index in [9.17, 15) is 23.6 Å². The third-order valence-corrected chi connectivity index (χ3v) is 5.91. The maximum absolute atomic E-state index is 13.2. The highest BCUT2D eigenvalue weighted by atomic mass is 32.2. The number of hydrogen-bond donors (Lipinski definition) is 1. The molecule has 0 saturated carbocycles. The summed E-state index contributed by atoms with van der Waals surface area (Å²) in [7, 11) is -4.12. The van der Waals surface area contributed by atoms with E-state index in [0.29, 0.717) is 11.1 Å². The number of aromatic nitrogens is 2. The van der Waals surface area contributed by atoms with Crippen molar-refractivity contribution < 1.29 is 22.7 Å². The van der Waals surface area contributed by atoms with Gasteiger partial charge < -0.3 is 14.4 Å². The molecular formula is C21H22N4O5S. The Kier molecular flexibility index (Phi) is 5.90. The molecule has 3 rings (SSSR count). The van der Waals surface area contributed by atoms with Crippen molar-refractivity contribution in [3.63, 3.8) is 0 Å². The highest BCUT2D eigenvalue weighted by Gasteiger charge is 2.27. The first kappa shape index (κ1) is 22.1. The summed E-state index contributed by atoms with van der Waals surface area (Å²) in [4.78, 5) is 17.0. The van der Waals surface area contributed by atoms with E-state index in [4.69, 9.17) is 4.42 Å². The van der Waals surface area contributed by atoms with Gasteiger partial charge in [-0.05, 0) is 41.3 Å². The summed E-state index contributed by atoms with van der Waals surface area (Å²) in [5, 5.41) is 18.8. The molecule has 3 heterocycles. The molecule has 162 valence electrons. The van der Waals surface area contributed by atoms with Gasteiger partial charge in [0, 0.05) is 24.5 Å². The van der Waals surface area contributed by atoms with Crippen molar-refractivity contribution in [2.45, 2.75) is 32.4 Å². The van der Waals surface area contributed by atoms with Gasteiger partial charge in [0.1, 0.15) is 11.8 Å². The lowest BCUT2D eigenvalue weighted by Crippen LogP contribution is -2.36. The molecule has 0 atom stereocenters. The molecule has 31 heavy (non-hydrogen) atoms. The van der Waals surface area contributed by atoms with Gasteiger partial charge in [-0.2, -0.15) is 13.7 Å². The number of rotatable bonds is 6. The second kappa shape index (κ2) is 8.28. The molecule has 3 aromatic rings. The van der Waals surface area contributed by atoms with Gasteiger partial charge in [-0.3, -0.25) is 0 Å². The largest absolute Gasteiger partial charge is 0.465 e. The zero-order valence-electron chi connectivity index (χ0n) is 17.3. The lowest BCUT2D eigenvalue weighted by molar-refractivity contribution is 0.123. The fourth-order valence-corrected chi connectivity index (χ4v) is 4.48. The van der Waals surface area contributed by atoms with Crippen LogP contribution in [-0.2, 0) is 16.6 Å². The third kappa shape index (κ3) is 4.78. The number of nitriles is 1. The quantitative estimate of drug-likeness (QED) is 0.615. The van der Waals surface area contributed by atoms with E-state index < -0.39 is 16.1 Å². The summed E-state index contributed by atoms with van der Waals surface area (Å²) in [5.41, 5.74) is 0.708. The number of furan rings is 1. The molecule has 0 aliphatic carbocycles. The molecule has 0 saturated heterocycles. The van der Waals surface area contributed by atoms with Crippen molar-refractivity contribution in [2.24, 2.45) is 5.41 Å². The van der Waals surface area contributed by atoms with Crippen LogP contribution in [0.5, 0.6) is 0 Å². The van der Waals surface area contributed by atoms with Crippen molar-refractivity contribution in [2.75, 3.05) is 6.54 Å². The van der Waals surface area contributed by atoms with Crippen LogP contribution in [0.4, 0.5) is 4.79 Å². The maximum atomic E-state index is 13.2. The molecule has 0 aliphatic rings. The molecule has 1 N–H and O–H groups in total. The number of nitrogens with zero attached hydrogens (tertiary/aromatic N) is 4. The predicted octanol–water partition coefficient (Wildman–Crippen LogP) is 3.78. The highest BCUT2D eigenvalue weighted by Crippen LogP contribution is 2.30. The molecular weight excluding hydrogens is 420 g/mol. The Morgan fingerprint density at radius 1 is 1.32 bits per heavy atom. The maximum Gasteiger partial charge on any atom is 0.407 e. The van der Waals surface area contributed by atoms with Crippen LogP contribution >= 0.6 is 0 Å². The standard InChI is InChI=1S/C21H22N4O5S/c1-21(2,3)14-24(20(26)27)12-15-10-18(16-6-4-8-23-17(16)11-22)25(13-15)31(28,29)19-7-5-9-30-19/h4-10,13H,12,14H2,1-3H3,(H,26,27). The summed E-state index contributed by atoms with van der Waals surface area (Å²) in [6, 6.07) is 9.46. The second-order valence-corrected chi connectivity index (χ2v) is 9.92. The van der Waals surface area contributed by atoms with E-state index in [1.165, 1.54) is 35.7 Å². The van der Waals surface area contributed by atoms with Crippen molar-refractivity contribution >= 4 is 16.1 Å². The predicted molar refractivity (Wildman–Crippen MR) is 112 cm³/mol. The van der Waals surface area contributed by atoms with Gasteiger partial charge in [-0.15, -0.1) is 0 Å². The zero-order chi connectivity index (χ0) is 22.8. The van der Waals surface area contributed by atoms with Crippen LogP contribution in [0.3, 0.4) is 0 Å². The minimum absolute atomic E-state index is 0.0254. The van der Waals surface area contributed by atoms with E-state index in [1.807, 2.05) is 26.8 Å². The Labute approximate surface area is 180 Å². The molecule has 10 heteroatoms. The molecule has 0 aliphatic heterocycles. The van der Waals surface area contributed by atoms with Crippen LogP contribution in [0.15, 0.2) is 58.5 Å². The fourth-order valence-electron chi connectivity index (χ4n) is 3.17. The van der Waals surface area contributed by atoms with Crippen molar-refractivity contribution in [1.29, 1.82) is 5.26 Å². The molecule has 9 nitrogen and oxygen atoms in total. The molecule has 0 unspecified atom stereocenters. The molecule has 0 fully saturated rings. The summed E-state index contributed by atoms with van der Waals surface area (Å²) >= 11 is 0. The van der Waals surface area contributed by atoms with Crippen molar-refractivity contribution in [1.82, 2.24) is 13.9 Å². The summed E-state index contributed by atoms with van der Waals surface area (Å²) < 4.78 is 32.5. The number of hydrogen-bond acceptors (Lipinski definition) is 6. The summed E-state index contributed by atoms with van der Waals surface area (Å²) in [6.45, 7) is 5.97. The first-order valence-electron chi connectivity index (χ1n) is 9.36. The lowest BCUT2D eigenvalue weighted by atomic mass is 9.96. The topological polar surface area (TPSA) is 129 Å². The minimum Gasteiger partial charge on any atom is -0.465 e. The van der Waals surface area contributed by atoms with E-state index in [1.54, 1.807) is 18.2 Å². The molecule has 0 aromatic carbocycles. The zero-order valence-corrected chi connectivity index (χ0v) is 18.1. The number of carbonyl (C=O) groups is 1. The molecule has 0 spiro atoms. The fraction of sp³-hybridized carbons (Fsp3) is 0.286. The Bertz CT molecular complexity index is 1230. The molecule has 3 aromatic heterocycles. The van der Waals surface area contributed by atoms with Crippen LogP contribution in [-0.4, -0.2) is 40.0 Å². The molecule has 0 bridgehead atoms. The Balaban J connectivity index is 2.15. The average molecular weight is 442 g/mol. The summed E-state index contributed by atoms with van der Waals surface area (Å²) in [5.74, 6) is 0. The second-order valence-electron chi connectivity index (χ2n) is 8.18. The average Bonchev–Trinajstić information content (AvgIpc) is 3.37. The monoisotopic (exact) mass is 442 g/mol. The minimum atomic E-state index is -4.12. The van der Waals surface area contributed by atoms with Gasteiger partial charge in [0.25, 0.3) is 0 Å². The van der Waals surface area contributed by atoms with Gasteiger partial charge in [0.15, 0.2) is 0 Å². The van der Waals surface area contributed by atoms with E-state index in [0.717, 1.165) is 3.97 Å². The number of amides is 1. The van der Waals surface area contributed by atoms with E-state index in [2.05, 4.69) is 4.98 Å². The van der Waals surface area contributed by atoms with Gasteiger partial charge in [0.05, 0.1) is 18.5 Å². The van der Waals surface area contributed by atoms with E-state index in [-0.39, 0.29) is 35.0 Å². The normalized spacial score (nSPS) is 11.8. The molecule has 1 amide bonds. The van der Waals surface area contributed by atoms with Crippen molar-refractivity contribution in [3.8, 4) is 17.3 Å². The van der Waals surface area contributed by atoms with Crippen LogP contribution in [0.2, 0.25) is 0 Å². The molecule has 0 radical (unpaired) electrons. The van der Waals surface area contributed by atoms with Crippen LogP contribution in [0.1, 0.15) is 32.0 Å². The first-order valence-corrected chi connectivity index (χ1v) is 10.8. The van der Waals surface area contributed by atoms with Gasteiger partial charge in [-0.1, -0.05) is 20.8 Å². The number of pyridine rings is 1. The Morgan fingerprint density at radius 3 is 2.65 bits per heavy atom. The Morgan fingerprint density at radius 2 is 2.06 bits per heavy atom. The van der Waals surface area contributed by atoms with Crippen LogP contribution in [0.25, 0.3) is 11.3 Å². The Hall–Kier alpha value is -3.58. The van der Waals surface area contributed by atoms with Gasteiger partial charge in [0.2, 0.25) is 5.09 Å². The van der Waals surface area contributed by atoms with Crippen LogP contribution < -0.4 is 0 Å². The number of carboxylic acid groups (broad SMARTS) is 1. The lowest BCUT2D eigenvalue weighted by Gasteiger charge is -2.27. The smallest absolute Gasteiger partial charge is 0.407 e. The van der Waals surface area contributed by atoms with Gasteiger partial charge >= 0.3 is 16.1 Å². The SMILES string of the molecule is CC(C)(C)CN(Cc1cc(-c2cccnc2C#N)n(S(=O)(=O)c2ccco2)c1)C(=O)O. The first-order chi connectivity index (χ1) is 14.5.